The maximum absolute atomic E-state index is 11.2. The second kappa shape index (κ2) is 8.64. The highest BCUT2D eigenvalue weighted by molar-refractivity contribution is 6.01. The molecule has 160 valence electrons. The van der Waals surface area contributed by atoms with Crippen LogP contribution in [-0.4, -0.2) is 25.6 Å². The van der Waals surface area contributed by atoms with Gasteiger partial charge in [-0.2, -0.15) is 5.10 Å². The summed E-state index contributed by atoms with van der Waals surface area (Å²) in [4.78, 5) is 25.1. The predicted molar refractivity (Wildman–Crippen MR) is 121 cm³/mol. The Morgan fingerprint density at radius 1 is 1.03 bits per heavy atom. The second-order valence-corrected chi connectivity index (χ2v) is 7.02. The lowest BCUT2D eigenvalue weighted by molar-refractivity contribution is -0.384. The maximum Gasteiger partial charge on any atom is 0.313 e. The molecule has 0 fully saturated rings. The number of aromatic nitrogens is 2. The molecule has 0 atom stereocenters. The Morgan fingerprint density at radius 3 is 2.50 bits per heavy atom. The highest BCUT2D eigenvalue weighted by Crippen LogP contribution is 2.26. The molecule has 0 bridgehead atoms. The Morgan fingerprint density at radius 2 is 1.78 bits per heavy atom. The molecule has 2 aromatic heterocycles. The van der Waals surface area contributed by atoms with Crippen LogP contribution in [0.2, 0.25) is 0 Å². The minimum absolute atomic E-state index is 0.0466. The Balaban J connectivity index is 1.66. The third-order valence-electron chi connectivity index (χ3n) is 5.11. The second-order valence-electron chi connectivity index (χ2n) is 7.02. The number of anilines is 1. The molecule has 4 aromatic rings. The fourth-order valence-corrected chi connectivity index (χ4v) is 3.52. The van der Waals surface area contributed by atoms with Crippen LogP contribution in [0.25, 0.3) is 10.9 Å². The van der Waals surface area contributed by atoms with E-state index in [0.717, 1.165) is 27.7 Å². The molecule has 32 heavy (non-hydrogen) atoms. The van der Waals surface area contributed by atoms with Gasteiger partial charge in [0.2, 0.25) is 5.82 Å². The number of nitro benzene ring substituents is 1. The summed E-state index contributed by atoms with van der Waals surface area (Å²) in [5, 5.41) is 27.2. The zero-order chi connectivity index (χ0) is 22.7. The Kier molecular flexibility index (Phi) is 5.58. The quantitative estimate of drug-likeness (QED) is 0.258. The van der Waals surface area contributed by atoms with E-state index >= 15 is 0 Å². The van der Waals surface area contributed by atoms with Crippen molar-refractivity contribution in [2.45, 2.75) is 13.5 Å². The van der Waals surface area contributed by atoms with Gasteiger partial charge in [-0.1, -0.05) is 30.3 Å². The van der Waals surface area contributed by atoms with Crippen LogP contribution in [0.3, 0.4) is 0 Å². The standard InChI is InChI=1S/C22H18N6O4/c1-15-19(13-24-25-22-21(28(31)32)7-4-12-23-22)18-5-2-3-6-20(18)26(15)14-16-8-10-17(11-9-16)27(29)30/h2-13H,14H2,1H3,(H,23,25)/b24-13-. The smallest absolute Gasteiger partial charge is 0.313 e. The summed E-state index contributed by atoms with van der Waals surface area (Å²) in [5.41, 5.74) is 6.23. The lowest BCUT2D eigenvalue weighted by Crippen LogP contribution is -2.03. The number of hydrazone groups is 1. The summed E-state index contributed by atoms with van der Waals surface area (Å²) < 4.78 is 2.10. The third-order valence-corrected chi connectivity index (χ3v) is 5.11. The van der Waals surface area contributed by atoms with Crippen molar-refractivity contribution in [1.82, 2.24) is 9.55 Å². The molecule has 10 heteroatoms. The third kappa shape index (κ3) is 4.01. The van der Waals surface area contributed by atoms with Crippen molar-refractivity contribution in [2.24, 2.45) is 5.10 Å². The average molecular weight is 430 g/mol. The highest BCUT2D eigenvalue weighted by Gasteiger charge is 2.15. The predicted octanol–water partition coefficient (Wildman–Crippen LogP) is 4.66. The van der Waals surface area contributed by atoms with E-state index in [0.29, 0.717) is 6.54 Å². The number of hydrogen-bond donors (Lipinski definition) is 1. The van der Waals surface area contributed by atoms with Crippen LogP contribution in [0.5, 0.6) is 0 Å². The van der Waals surface area contributed by atoms with Crippen molar-refractivity contribution < 1.29 is 9.85 Å². The summed E-state index contributed by atoms with van der Waals surface area (Å²) in [6.07, 6.45) is 3.06. The van der Waals surface area contributed by atoms with Crippen molar-refractivity contribution in [3.63, 3.8) is 0 Å². The summed E-state index contributed by atoms with van der Waals surface area (Å²) in [6, 6.07) is 17.1. The Labute approximate surface area is 182 Å². The van der Waals surface area contributed by atoms with E-state index < -0.39 is 9.85 Å². The number of fused-ring (bicyclic) bond motifs is 1. The molecule has 0 unspecified atom stereocenters. The number of rotatable bonds is 7. The number of benzene rings is 2. The number of nitro groups is 2. The van der Waals surface area contributed by atoms with Gasteiger partial charge in [0.25, 0.3) is 5.69 Å². The monoisotopic (exact) mass is 430 g/mol. The fraction of sp³-hybridized carbons (Fsp3) is 0.0909. The molecule has 4 rings (SSSR count). The van der Waals surface area contributed by atoms with Gasteiger partial charge in [0.1, 0.15) is 0 Å². The first-order valence-electron chi connectivity index (χ1n) is 9.65. The van der Waals surface area contributed by atoms with E-state index in [1.807, 2.05) is 31.2 Å². The Bertz CT molecular complexity index is 1340. The van der Waals surface area contributed by atoms with Crippen molar-refractivity contribution >= 4 is 34.3 Å². The van der Waals surface area contributed by atoms with Crippen LogP contribution in [0.15, 0.2) is 72.0 Å². The zero-order valence-electron chi connectivity index (χ0n) is 17.0. The zero-order valence-corrected chi connectivity index (χ0v) is 17.0. The SMILES string of the molecule is Cc1c(/C=N\Nc2ncccc2[N+](=O)[O-])c2ccccc2n1Cc1ccc([N+](=O)[O-])cc1. The van der Waals surface area contributed by atoms with Gasteiger partial charge in [-0.25, -0.2) is 4.98 Å². The van der Waals surface area contributed by atoms with Gasteiger partial charge >= 0.3 is 5.69 Å². The van der Waals surface area contributed by atoms with Crippen molar-refractivity contribution in [2.75, 3.05) is 5.43 Å². The number of hydrogen-bond acceptors (Lipinski definition) is 7. The summed E-state index contributed by atoms with van der Waals surface area (Å²) in [5.74, 6) is 0.0565. The lowest BCUT2D eigenvalue weighted by Gasteiger charge is -2.08. The van der Waals surface area contributed by atoms with Gasteiger partial charge in [-0.05, 0) is 24.6 Å². The summed E-state index contributed by atoms with van der Waals surface area (Å²) >= 11 is 0. The van der Waals surface area contributed by atoms with Crippen molar-refractivity contribution in [1.29, 1.82) is 0 Å². The number of non-ortho nitro benzene ring substituents is 1. The average Bonchev–Trinajstić information content (AvgIpc) is 3.05. The first-order chi connectivity index (χ1) is 15.5. The molecule has 0 aliphatic rings. The molecular formula is C22H18N6O4. The van der Waals surface area contributed by atoms with E-state index in [1.165, 1.54) is 30.5 Å². The largest absolute Gasteiger partial charge is 0.340 e. The molecule has 0 aliphatic carbocycles. The number of para-hydroxylation sites is 1. The van der Waals surface area contributed by atoms with Gasteiger partial charge in [0.15, 0.2) is 0 Å². The van der Waals surface area contributed by atoms with E-state index in [4.69, 9.17) is 0 Å². The molecule has 2 aromatic carbocycles. The van der Waals surface area contributed by atoms with E-state index in [1.54, 1.807) is 18.3 Å². The summed E-state index contributed by atoms with van der Waals surface area (Å²) in [6.45, 7) is 2.48. The van der Waals surface area contributed by atoms with Gasteiger partial charge in [0, 0.05) is 53.1 Å². The van der Waals surface area contributed by atoms with Gasteiger partial charge < -0.3 is 4.57 Å². The van der Waals surface area contributed by atoms with Gasteiger partial charge in [-0.15, -0.1) is 0 Å². The highest BCUT2D eigenvalue weighted by atomic mass is 16.6. The molecule has 1 N–H and O–H groups in total. The van der Waals surface area contributed by atoms with Crippen LogP contribution >= 0.6 is 0 Å². The minimum atomic E-state index is -0.522. The molecule has 0 saturated carbocycles. The van der Waals surface area contributed by atoms with Crippen LogP contribution in [0, 0.1) is 27.2 Å². The molecule has 0 radical (unpaired) electrons. The van der Waals surface area contributed by atoms with Crippen LogP contribution < -0.4 is 5.43 Å². The molecule has 0 spiro atoms. The van der Waals surface area contributed by atoms with Crippen LogP contribution in [-0.2, 0) is 6.54 Å². The fourth-order valence-electron chi connectivity index (χ4n) is 3.52. The number of pyridine rings is 1. The maximum atomic E-state index is 11.2. The first-order valence-corrected chi connectivity index (χ1v) is 9.65. The van der Waals surface area contributed by atoms with E-state index in [2.05, 4.69) is 20.1 Å². The lowest BCUT2D eigenvalue weighted by atomic mass is 10.1. The Hall–Kier alpha value is -4.60. The van der Waals surface area contributed by atoms with Crippen molar-refractivity contribution in [3.05, 3.63) is 104 Å². The van der Waals surface area contributed by atoms with E-state index in [9.17, 15) is 20.2 Å². The molecule has 2 heterocycles. The van der Waals surface area contributed by atoms with Gasteiger partial charge in [0.05, 0.1) is 16.1 Å². The normalized spacial score (nSPS) is 11.2. The van der Waals surface area contributed by atoms with Crippen LogP contribution in [0.1, 0.15) is 16.8 Å². The molecule has 0 aliphatic heterocycles. The molecule has 10 nitrogen and oxygen atoms in total. The van der Waals surface area contributed by atoms with Gasteiger partial charge in [-0.3, -0.25) is 25.7 Å². The topological polar surface area (TPSA) is 128 Å². The minimum Gasteiger partial charge on any atom is -0.340 e. The van der Waals surface area contributed by atoms with Crippen LogP contribution in [0.4, 0.5) is 17.2 Å². The number of nitrogens with zero attached hydrogens (tertiary/aromatic N) is 5. The summed E-state index contributed by atoms with van der Waals surface area (Å²) in [7, 11) is 0. The molecular weight excluding hydrogens is 412 g/mol. The molecule has 0 amide bonds. The first kappa shape index (κ1) is 20.7. The number of nitrogens with one attached hydrogen (secondary N) is 1. The molecule has 0 saturated heterocycles. The van der Waals surface area contributed by atoms with Crippen molar-refractivity contribution in [3.8, 4) is 0 Å². The van der Waals surface area contributed by atoms with E-state index in [-0.39, 0.29) is 17.2 Å².